The molecule has 3 N–H and O–H groups in total. The summed E-state index contributed by atoms with van der Waals surface area (Å²) in [6.45, 7) is 3.75. The van der Waals surface area contributed by atoms with Crippen LogP contribution in [0.15, 0.2) is 18.3 Å². The number of rotatable bonds is 4. The van der Waals surface area contributed by atoms with Crippen LogP contribution in [0.1, 0.15) is 49.9 Å². The molecule has 1 saturated carbocycles. The summed E-state index contributed by atoms with van der Waals surface area (Å²) in [5.41, 5.74) is -0.409. The molecule has 1 aliphatic carbocycles. The number of aliphatic hydroxyl groups is 1. The smallest absolute Gasteiger partial charge is 0.337 e. The summed E-state index contributed by atoms with van der Waals surface area (Å²) >= 11 is 0. The van der Waals surface area contributed by atoms with Crippen LogP contribution in [0.3, 0.4) is 0 Å². The largest absolute Gasteiger partial charge is 0.478 e. The lowest BCUT2D eigenvalue weighted by molar-refractivity contribution is -0.000406. The van der Waals surface area contributed by atoms with Gasteiger partial charge in [0.05, 0.1) is 11.2 Å². The summed E-state index contributed by atoms with van der Waals surface area (Å²) in [6.07, 6.45) is 5.35. The van der Waals surface area contributed by atoms with Gasteiger partial charge in [-0.3, -0.25) is 0 Å². The van der Waals surface area contributed by atoms with Crippen LogP contribution in [-0.4, -0.2) is 32.8 Å². The average molecular weight is 278 g/mol. The third kappa shape index (κ3) is 3.70. The van der Waals surface area contributed by atoms with Crippen LogP contribution in [0, 0.1) is 5.92 Å². The Kier molecular flexibility index (Phi) is 4.28. The molecule has 0 unspecified atom stereocenters. The van der Waals surface area contributed by atoms with Crippen molar-refractivity contribution in [2.75, 3.05) is 5.32 Å². The van der Waals surface area contributed by atoms with Crippen molar-refractivity contribution in [3.05, 3.63) is 23.9 Å². The number of hydrogen-bond acceptors (Lipinski definition) is 4. The van der Waals surface area contributed by atoms with Gasteiger partial charge in [-0.1, -0.05) is 0 Å². The average Bonchev–Trinajstić information content (AvgIpc) is 2.39. The van der Waals surface area contributed by atoms with E-state index in [4.69, 9.17) is 5.11 Å². The molecule has 2 rings (SSSR count). The van der Waals surface area contributed by atoms with Crippen molar-refractivity contribution in [2.24, 2.45) is 5.92 Å². The minimum atomic E-state index is -0.963. The molecule has 0 aliphatic heterocycles. The molecule has 0 saturated heterocycles. The predicted molar refractivity (Wildman–Crippen MR) is 76.9 cm³/mol. The number of nitrogens with zero attached hydrogens (tertiary/aromatic N) is 1. The normalized spacial score (nSPS) is 23.4. The van der Waals surface area contributed by atoms with Gasteiger partial charge in [-0.15, -0.1) is 0 Å². The highest BCUT2D eigenvalue weighted by Gasteiger charge is 2.31. The Morgan fingerprint density at radius 3 is 2.40 bits per heavy atom. The van der Waals surface area contributed by atoms with E-state index < -0.39 is 11.6 Å². The van der Waals surface area contributed by atoms with E-state index in [2.05, 4.69) is 10.3 Å². The maximum absolute atomic E-state index is 10.7. The molecule has 1 aliphatic rings. The second kappa shape index (κ2) is 5.79. The van der Waals surface area contributed by atoms with E-state index in [1.165, 1.54) is 6.20 Å². The van der Waals surface area contributed by atoms with Crippen LogP contribution in [-0.2, 0) is 0 Å². The van der Waals surface area contributed by atoms with Crippen molar-refractivity contribution in [1.82, 2.24) is 4.98 Å². The molecule has 1 fully saturated rings. The molecule has 0 amide bonds. The lowest BCUT2D eigenvalue weighted by atomic mass is 9.77. The minimum absolute atomic E-state index is 0.196. The lowest BCUT2D eigenvalue weighted by Crippen LogP contribution is -2.37. The number of carbonyl (C=O) groups is 1. The number of aromatic carboxylic acids is 1. The van der Waals surface area contributed by atoms with Crippen LogP contribution >= 0.6 is 0 Å². The van der Waals surface area contributed by atoms with Crippen molar-refractivity contribution in [3.63, 3.8) is 0 Å². The first-order valence-corrected chi connectivity index (χ1v) is 7.04. The summed E-state index contributed by atoms with van der Waals surface area (Å²) < 4.78 is 0. The van der Waals surface area contributed by atoms with E-state index in [-0.39, 0.29) is 5.56 Å². The van der Waals surface area contributed by atoms with Gasteiger partial charge in [-0.05, 0) is 57.6 Å². The monoisotopic (exact) mass is 278 g/mol. The molecule has 5 heteroatoms. The van der Waals surface area contributed by atoms with E-state index in [0.29, 0.717) is 17.8 Å². The van der Waals surface area contributed by atoms with E-state index in [0.717, 1.165) is 25.7 Å². The second-order valence-electron chi connectivity index (χ2n) is 6.08. The van der Waals surface area contributed by atoms with Gasteiger partial charge in [0.2, 0.25) is 0 Å². The van der Waals surface area contributed by atoms with Crippen molar-refractivity contribution in [3.8, 4) is 0 Å². The zero-order valence-corrected chi connectivity index (χ0v) is 12.0. The van der Waals surface area contributed by atoms with Crippen LogP contribution in [0.25, 0.3) is 0 Å². The van der Waals surface area contributed by atoms with Gasteiger partial charge < -0.3 is 15.5 Å². The SMILES string of the molecule is CC(C)(O)C1CCC(Nc2ccc(C(=O)O)cn2)CC1. The van der Waals surface area contributed by atoms with Gasteiger partial charge in [-0.2, -0.15) is 0 Å². The van der Waals surface area contributed by atoms with Crippen LogP contribution < -0.4 is 5.32 Å². The summed E-state index contributed by atoms with van der Waals surface area (Å²) in [5.74, 6) is 0.0966. The van der Waals surface area contributed by atoms with Crippen LogP contribution in [0.2, 0.25) is 0 Å². The molecule has 0 bridgehead atoms. The van der Waals surface area contributed by atoms with E-state index in [1.54, 1.807) is 12.1 Å². The Hall–Kier alpha value is -1.62. The fraction of sp³-hybridized carbons (Fsp3) is 0.600. The number of hydrogen-bond donors (Lipinski definition) is 3. The highest BCUT2D eigenvalue weighted by molar-refractivity contribution is 5.87. The van der Waals surface area contributed by atoms with Gasteiger partial charge in [-0.25, -0.2) is 9.78 Å². The van der Waals surface area contributed by atoms with Crippen molar-refractivity contribution in [2.45, 2.75) is 51.2 Å². The molecule has 0 aromatic carbocycles. The summed E-state index contributed by atoms with van der Waals surface area (Å²) in [6, 6.07) is 3.60. The second-order valence-corrected chi connectivity index (χ2v) is 6.08. The minimum Gasteiger partial charge on any atom is -0.478 e. The maximum atomic E-state index is 10.7. The van der Waals surface area contributed by atoms with Crippen molar-refractivity contribution in [1.29, 1.82) is 0 Å². The number of carboxylic acid groups (broad SMARTS) is 1. The first-order chi connectivity index (χ1) is 9.36. The zero-order valence-electron chi connectivity index (χ0n) is 12.0. The lowest BCUT2D eigenvalue weighted by Gasteiger charge is -2.36. The fourth-order valence-corrected chi connectivity index (χ4v) is 2.76. The molecule has 0 spiro atoms. The van der Waals surface area contributed by atoms with Gasteiger partial charge in [0.15, 0.2) is 0 Å². The first kappa shape index (κ1) is 14.8. The standard InChI is InChI=1S/C15H22N2O3/c1-15(2,20)11-4-6-12(7-5-11)17-13-8-3-10(9-16-13)14(18)19/h3,8-9,11-12,20H,4-7H2,1-2H3,(H,16,17)(H,18,19). The third-order valence-electron chi connectivity index (χ3n) is 4.09. The van der Waals surface area contributed by atoms with Gasteiger partial charge in [0, 0.05) is 12.2 Å². The van der Waals surface area contributed by atoms with E-state index in [1.807, 2.05) is 13.8 Å². The molecule has 20 heavy (non-hydrogen) atoms. The Morgan fingerprint density at radius 2 is 1.95 bits per heavy atom. The summed E-state index contributed by atoms with van der Waals surface area (Å²) in [4.78, 5) is 14.9. The molecule has 1 aromatic rings. The van der Waals surface area contributed by atoms with Gasteiger partial charge in [0.1, 0.15) is 5.82 Å². The van der Waals surface area contributed by atoms with E-state index in [9.17, 15) is 9.90 Å². The molecular weight excluding hydrogens is 256 g/mol. The number of anilines is 1. The maximum Gasteiger partial charge on any atom is 0.337 e. The highest BCUT2D eigenvalue weighted by atomic mass is 16.4. The van der Waals surface area contributed by atoms with Crippen LogP contribution in [0.5, 0.6) is 0 Å². The molecular formula is C15H22N2O3. The number of carboxylic acids is 1. The molecule has 0 radical (unpaired) electrons. The number of nitrogens with one attached hydrogen (secondary N) is 1. The fourth-order valence-electron chi connectivity index (χ4n) is 2.76. The zero-order chi connectivity index (χ0) is 14.8. The Balaban J connectivity index is 1.88. The van der Waals surface area contributed by atoms with Gasteiger partial charge >= 0.3 is 5.97 Å². The summed E-state index contributed by atoms with van der Waals surface area (Å²) in [7, 11) is 0. The van der Waals surface area contributed by atoms with Crippen molar-refractivity contribution < 1.29 is 15.0 Å². The topological polar surface area (TPSA) is 82.5 Å². The molecule has 110 valence electrons. The molecule has 0 atom stereocenters. The first-order valence-electron chi connectivity index (χ1n) is 7.04. The quantitative estimate of drug-likeness (QED) is 0.788. The molecule has 1 heterocycles. The predicted octanol–water partition coefficient (Wildman–Crippen LogP) is 2.52. The van der Waals surface area contributed by atoms with Crippen molar-refractivity contribution >= 4 is 11.8 Å². The Morgan fingerprint density at radius 1 is 1.30 bits per heavy atom. The highest BCUT2D eigenvalue weighted by Crippen LogP contribution is 2.33. The van der Waals surface area contributed by atoms with Crippen LogP contribution in [0.4, 0.5) is 5.82 Å². The van der Waals surface area contributed by atoms with E-state index >= 15 is 0 Å². The van der Waals surface area contributed by atoms with Gasteiger partial charge in [0.25, 0.3) is 0 Å². The summed E-state index contributed by atoms with van der Waals surface area (Å²) in [5, 5.41) is 22.2. The Bertz CT molecular complexity index is 457. The molecule has 1 aromatic heterocycles. The molecule has 5 nitrogen and oxygen atoms in total. The third-order valence-corrected chi connectivity index (χ3v) is 4.09. The number of pyridine rings is 1. The Labute approximate surface area is 119 Å². The number of aromatic nitrogens is 1.